The van der Waals surface area contributed by atoms with Crippen LogP contribution in [-0.2, 0) is 28.1 Å². The summed E-state index contributed by atoms with van der Waals surface area (Å²) in [6, 6.07) is 14.3. The summed E-state index contributed by atoms with van der Waals surface area (Å²) in [5.41, 5.74) is 4.05. The van der Waals surface area contributed by atoms with E-state index in [-0.39, 0.29) is 17.4 Å². The molecule has 13 heteroatoms. The maximum absolute atomic E-state index is 15.6. The van der Waals surface area contributed by atoms with Gasteiger partial charge in [0.05, 0.1) is 28.7 Å². The van der Waals surface area contributed by atoms with E-state index in [1.165, 1.54) is 19.2 Å². The van der Waals surface area contributed by atoms with Gasteiger partial charge in [-0.25, -0.2) is 18.9 Å². The molecule has 4 aromatic heterocycles. The van der Waals surface area contributed by atoms with Gasteiger partial charge in [0.25, 0.3) is 5.56 Å². The lowest BCUT2D eigenvalue weighted by molar-refractivity contribution is -0.142. The lowest BCUT2D eigenvalue weighted by Gasteiger charge is -2.32. The molecule has 0 radical (unpaired) electrons. The summed E-state index contributed by atoms with van der Waals surface area (Å²) < 4.78 is 23.8. The third-order valence-electron chi connectivity index (χ3n) is 9.23. The lowest BCUT2D eigenvalue weighted by Crippen LogP contribution is -2.43. The van der Waals surface area contributed by atoms with E-state index in [9.17, 15) is 9.59 Å². The molecule has 0 spiro atoms. The van der Waals surface area contributed by atoms with Crippen LogP contribution in [0.25, 0.3) is 33.4 Å². The Bertz CT molecular complexity index is 2300. The van der Waals surface area contributed by atoms with Gasteiger partial charge in [-0.1, -0.05) is 39.0 Å². The summed E-state index contributed by atoms with van der Waals surface area (Å²) in [6.07, 6.45) is 6.75. The number of halogens is 1. The standard InChI is InChI=1S/C38H40FN9O3/c1-24(49)51-23-29-28(7-6-8-33(29)48-37(50)35-26(21-42-48)17-27(18-30(35)39)38(2,3)4)31-19-32(36-40-11-12-47(36)44-31)43-34-10-9-25(20-41-34)22-46-15-13-45(5)14-16-46/h6-12,17-21H,13-16,22-23H2,1-5H3,(H,41,43). The van der Waals surface area contributed by atoms with Crippen LogP contribution in [-0.4, -0.2) is 78.4 Å². The molecule has 0 amide bonds. The van der Waals surface area contributed by atoms with Crippen molar-refractivity contribution in [1.29, 1.82) is 0 Å². The molecule has 0 aliphatic carbocycles. The number of esters is 1. The van der Waals surface area contributed by atoms with Gasteiger partial charge in [0.15, 0.2) is 5.65 Å². The Morgan fingerprint density at radius 1 is 1.02 bits per heavy atom. The summed E-state index contributed by atoms with van der Waals surface area (Å²) in [7, 11) is 2.14. The fraction of sp³-hybridized carbons (Fsp3) is 0.316. The van der Waals surface area contributed by atoms with Crippen LogP contribution in [0.15, 0.2) is 78.1 Å². The Hall–Kier alpha value is -5.53. The van der Waals surface area contributed by atoms with Gasteiger partial charge in [0, 0.05) is 74.8 Å². The minimum absolute atomic E-state index is 0.0756. The number of carbonyl (C=O) groups is 1. The molecule has 262 valence electrons. The highest BCUT2D eigenvalue weighted by atomic mass is 19.1. The van der Waals surface area contributed by atoms with Gasteiger partial charge in [-0.3, -0.25) is 14.5 Å². The number of ether oxygens (including phenoxy) is 1. The number of hydrogen-bond donors (Lipinski definition) is 1. The predicted molar refractivity (Wildman–Crippen MR) is 194 cm³/mol. The zero-order valence-electron chi connectivity index (χ0n) is 29.4. The maximum atomic E-state index is 15.6. The van der Waals surface area contributed by atoms with Crippen molar-refractivity contribution < 1.29 is 13.9 Å². The van der Waals surface area contributed by atoms with E-state index < -0.39 is 17.3 Å². The van der Waals surface area contributed by atoms with E-state index in [0.29, 0.717) is 45.0 Å². The van der Waals surface area contributed by atoms with Crippen LogP contribution in [0.3, 0.4) is 0 Å². The second-order valence-corrected chi connectivity index (χ2v) is 14.0. The van der Waals surface area contributed by atoms with Gasteiger partial charge in [-0.05, 0) is 53.9 Å². The highest BCUT2D eigenvalue weighted by Gasteiger charge is 2.22. The lowest BCUT2D eigenvalue weighted by atomic mass is 9.86. The van der Waals surface area contributed by atoms with Crippen LogP contribution < -0.4 is 10.9 Å². The van der Waals surface area contributed by atoms with E-state index in [0.717, 1.165) is 48.5 Å². The number of likely N-dealkylation sites (N-methyl/N-ethyl adjacent to an activating group) is 1. The fourth-order valence-corrected chi connectivity index (χ4v) is 6.31. The Morgan fingerprint density at radius 3 is 2.55 bits per heavy atom. The van der Waals surface area contributed by atoms with Crippen molar-refractivity contribution in [2.75, 3.05) is 38.5 Å². The summed E-state index contributed by atoms with van der Waals surface area (Å²) in [6.45, 7) is 12.1. The molecule has 1 aliphatic heterocycles. The third-order valence-corrected chi connectivity index (χ3v) is 9.23. The molecule has 0 unspecified atom stereocenters. The fourth-order valence-electron chi connectivity index (χ4n) is 6.31. The van der Waals surface area contributed by atoms with Gasteiger partial charge in [0.2, 0.25) is 0 Å². The number of carbonyl (C=O) groups excluding carboxylic acids is 1. The van der Waals surface area contributed by atoms with Gasteiger partial charge in [-0.15, -0.1) is 0 Å². The van der Waals surface area contributed by atoms with E-state index in [2.05, 4.69) is 43.3 Å². The molecule has 51 heavy (non-hydrogen) atoms. The topological polar surface area (TPSA) is 123 Å². The van der Waals surface area contributed by atoms with E-state index in [1.807, 2.05) is 45.2 Å². The number of pyridine rings is 1. The predicted octanol–water partition coefficient (Wildman–Crippen LogP) is 5.48. The summed E-state index contributed by atoms with van der Waals surface area (Å²) >= 11 is 0. The summed E-state index contributed by atoms with van der Waals surface area (Å²) in [5.74, 6) is -0.491. The molecule has 1 saturated heterocycles. The molecule has 0 saturated carbocycles. The number of rotatable bonds is 8. The van der Waals surface area contributed by atoms with E-state index >= 15 is 4.39 Å². The number of hydrogen-bond acceptors (Lipinski definition) is 10. The number of nitrogens with one attached hydrogen (secondary N) is 1. The van der Waals surface area contributed by atoms with Crippen molar-refractivity contribution in [2.24, 2.45) is 0 Å². The van der Waals surface area contributed by atoms with Crippen molar-refractivity contribution in [3.8, 4) is 16.9 Å². The normalized spacial score (nSPS) is 14.3. The summed E-state index contributed by atoms with van der Waals surface area (Å²) in [4.78, 5) is 39.9. The molecule has 6 aromatic rings. The number of anilines is 2. The monoisotopic (exact) mass is 689 g/mol. The van der Waals surface area contributed by atoms with Crippen molar-refractivity contribution in [3.05, 3.63) is 106 Å². The van der Waals surface area contributed by atoms with Gasteiger partial charge in [0.1, 0.15) is 18.2 Å². The molecular weight excluding hydrogens is 649 g/mol. The molecule has 1 N–H and O–H groups in total. The molecule has 1 fully saturated rings. The van der Waals surface area contributed by atoms with Crippen molar-refractivity contribution in [1.82, 2.24) is 39.2 Å². The quantitative estimate of drug-likeness (QED) is 0.206. The molecular formula is C38H40FN9O3. The van der Waals surface area contributed by atoms with Gasteiger partial charge >= 0.3 is 5.97 Å². The van der Waals surface area contributed by atoms with Crippen molar-refractivity contribution in [3.63, 3.8) is 0 Å². The largest absolute Gasteiger partial charge is 0.461 e. The van der Waals surface area contributed by atoms with Crippen molar-refractivity contribution >= 4 is 33.9 Å². The van der Waals surface area contributed by atoms with Gasteiger partial charge in [-0.2, -0.15) is 14.9 Å². The minimum Gasteiger partial charge on any atom is -0.461 e. The average molecular weight is 690 g/mol. The number of nitrogens with zero attached hydrogens (tertiary/aromatic N) is 8. The molecule has 1 aliphatic rings. The number of benzene rings is 2. The third kappa shape index (κ3) is 7.08. The SMILES string of the molecule is CC(=O)OCc1c(-c2cc(Nc3ccc(CN4CCN(C)CC4)cn3)c3nccn3n2)cccc1-n1ncc2cc(C(C)(C)C)cc(F)c2c1=O. The second-order valence-electron chi connectivity index (χ2n) is 14.0. The molecule has 0 bridgehead atoms. The number of aromatic nitrogens is 6. The minimum atomic E-state index is -0.630. The van der Waals surface area contributed by atoms with Crippen LogP contribution in [0.5, 0.6) is 0 Å². The zero-order valence-corrected chi connectivity index (χ0v) is 29.4. The first kappa shape index (κ1) is 33.9. The first-order valence-electron chi connectivity index (χ1n) is 16.9. The Kier molecular flexibility index (Phi) is 9.08. The van der Waals surface area contributed by atoms with Crippen LogP contribution >= 0.6 is 0 Å². The Balaban J connectivity index is 1.27. The molecule has 7 rings (SSSR count). The molecule has 2 aromatic carbocycles. The average Bonchev–Trinajstić information content (AvgIpc) is 3.58. The number of imidazole rings is 1. The highest BCUT2D eigenvalue weighted by Crippen LogP contribution is 2.32. The van der Waals surface area contributed by atoms with Crippen molar-refractivity contribution in [2.45, 2.75) is 46.3 Å². The number of fused-ring (bicyclic) bond motifs is 2. The summed E-state index contributed by atoms with van der Waals surface area (Å²) in [5, 5.41) is 13.0. The number of piperazine rings is 1. The molecule has 5 heterocycles. The Morgan fingerprint density at radius 2 is 1.82 bits per heavy atom. The highest BCUT2D eigenvalue weighted by molar-refractivity contribution is 5.83. The van der Waals surface area contributed by atoms with Crippen LogP contribution in [0.2, 0.25) is 0 Å². The van der Waals surface area contributed by atoms with Crippen LogP contribution in [0.1, 0.15) is 44.4 Å². The zero-order chi connectivity index (χ0) is 35.9. The van der Waals surface area contributed by atoms with E-state index in [1.54, 1.807) is 35.1 Å². The maximum Gasteiger partial charge on any atom is 0.302 e. The van der Waals surface area contributed by atoms with Gasteiger partial charge < -0.3 is 15.0 Å². The smallest absolute Gasteiger partial charge is 0.302 e. The molecule has 12 nitrogen and oxygen atoms in total. The first-order chi connectivity index (χ1) is 24.4. The van der Waals surface area contributed by atoms with Crippen LogP contribution in [0.4, 0.5) is 15.9 Å². The molecule has 0 atom stereocenters. The van der Waals surface area contributed by atoms with E-state index in [4.69, 9.17) is 9.84 Å². The Labute approximate surface area is 294 Å². The van der Waals surface area contributed by atoms with Crippen LogP contribution in [0, 0.1) is 5.82 Å². The first-order valence-corrected chi connectivity index (χ1v) is 16.9. The second kappa shape index (κ2) is 13.6.